The molecule has 108 valence electrons. The molecule has 0 aliphatic carbocycles. The Morgan fingerprint density at radius 2 is 1.95 bits per heavy atom. The van der Waals surface area contributed by atoms with Gasteiger partial charge in [-0.05, 0) is 45.8 Å². The largest absolute Gasteiger partial charge is 0.343 e. The van der Waals surface area contributed by atoms with Crippen molar-refractivity contribution in [3.8, 4) is 0 Å². The highest BCUT2D eigenvalue weighted by Gasteiger charge is 2.13. The lowest BCUT2D eigenvalue weighted by molar-refractivity contribution is 0.219. The molecule has 1 saturated heterocycles. The Labute approximate surface area is 118 Å². The number of aryl methyl sites for hydroxylation is 2. The summed E-state index contributed by atoms with van der Waals surface area (Å²) in [7, 11) is 0. The predicted octanol–water partition coefficient (Wildman–Crippen LogP) is 1.83. The molecule has 0 atom stereocenters. The van der Waals surface area contributed by atoms with Crippen LogP contribution in [0.3, 0.4) is 0 Å². The molecule has 0 unspecified atom stereocenters. The van der Waals surface area contributed by atoms with Crippen LogP contribution in [-0.4, -0.2) is 39.1 Å². The maximum absolute atomic E-state index is 12.5. The number of aromatic amines is 1. The summed E-state index contributed by atoms with van der Waals surface area (Å²) in [6.07, 6.45) is 3.90. The maximum Gasteiger partial charge on any atom is 0.263 e. The summed E-state index contributed by atoms with van der Waals surface area (Å²) in [5.74, 6) is 0.793. The zero-order chi connectivity index (χ0) is 14.1. The van der Waals surface area contributed by atoms with Crippen LogP contribution < -0.4 is 5.56 Å². The molecule has 2 aromatic rings. The van der Waals surface area contributed by atoms with E-state index in [4.69, 9.17) is 0 Å². The third kappa shape index (κ3) is 2.50. The third-order valence-electron chi connectivity index (χ3n) is 4.16. The molecule has 0 radical (unpaired) electrons. The molecular weight excluding hydrogens is 252 g/mol. The van der Waals surface area contributed by atoms with Gasteiger partial charge in [-0.3, -0.25) is 9.36 Å². The van der Waals surface area contributed by atoms with E-state index in [-0.39, 0.29) is 5.56 Å². The third-order valence-corrected chi connectivity index (χ3v) is 4.16. The van der Waals surface area contributed by atoms with E-state index < -0.39 is 0 Å². The van der Waals surface area contributed by atoms with Gasteiger partial charge in [-0.2, -0.15) is 0 Å². The van der Waals surface area contributed by atoms with Crippen LogP contribution in [0.5, 0.6) is 0 Å². The first-order valence-electron chi connectivity index (χ1n) is 7.44. The number of aromatic nitrogens is 3. The first kappa shape index (κ1) is 13.4. The van der Waals surface area contributed by atoms with Crippen LogP contribution in [0.4, 0.5) is 0 Å². The van der Waals surface area contributed by atoms with Crippen molar-refractivity contribution >= 4 is 11.0 Å². The van der Waals surface area contributed by atoms with Gasteiger partial charge in [-0.1, -0.05) is 6.42 Å². The molecule has 0 saturated carbocycles. The van der Waals surface area contributed by atoms with Gasteiger partial charge in [0.2, 0.25) is 0 Å². The van der Waals surface area contributed by atoms with Gasteiger partial charge in [0, 0.05) is 18.8 Å². The molecular formula is C15H22N4O. The van der Waals surface area contributed by atoms with E-state index in [1.54, 1.807) is 0 Å². The van der Waals surface area contributed by atoms with Gasteiger partial charge in [0.25, 0.3) is 5.56 Å². The lowest BCUT2D eigenvalue weighted by atomic mass is 10.1. The number of piperidine rings is 1. The molecule has 0 amide bonds. The number of nitrogens with one attached hydrogen (secondary N) is 1. The van der Waals surface area contributed by atoms with Crippen molar-refractivity contribution in [2.24, 2.45) is 0 Å². The van der Waals surface area contributed by atoms with Crippen molar-refractivity contribution in [3.63, 3.8) is 0 Å². The van der Waals surface area contributed by atoms with Gasteiger partial charge < -0.3 is 9.88 Å². The lowest BCUT2D eigenvalue weighted by Crippen LogP contribution is -2.35. The zero-order valence-electron chi connectivity index (χ0n) is 12.3. The first-order valence-corrected chi connectivity index (χ1v) is 7.44. The van der Waals surface area contributed by atoms with Crippen LogP contribution in [0.2, 0.25) is 0 Å². The molecule has 0 spiro atoms. The van der Waals surface area contributed by atoms with Crippen molar-refractivity contribution in [1.29, 1.82) is 0 Å². The standard InChI is InChI=1S/C15H22N4O/c1-11-10-13-14(16-11)17-12(2)19(15(13)20)9-8-18-6-4-3-5-7-18/h10,16H,3-9H2,1-2H3. The molecule has 2 aromatic heterocycles. The number of hydrogen-bond acceptors (Lipinski definition) is 3. The molecule has 20 heavy (non-hydrogen) atoms. The average molecular weight is 274 g/mol. The Hall–Kier alpha value is -1.62. The van der Waals surface area contributed by atoms with E-state index in [2.05, 4.69) is 14.9 Å². The minimum absolute atomic E-state index is 0.0776. The van der Waals surface area contributed by atoms with Gasteiger partial charge in [-0.25, -0.2) is 4.98 Å². The highest BCUT2D eigenvalue weighted by molar-refractivity contribution is 5.75. The van der Waals surface area contributed by atoms with E-state index in [9.17, 15) is 4.79 Å². The second kappa shape index (κ2) is 5.40. The topological polar surface area (TPSA) is 53.9 Å². The van der Waals surface area contributed by atoms with Crippen molar-refractivity contribution in [2.45, 2.75) is 39.7 Å². The summed E-state index contributed by atoms with van der Waals surface area (Å²) >= 11 is 0. The Kier molecular flexibility index (Phi) is 3.61. The number of likely N-dealkylation sites (tertiary alicyclic amines) is 1. The summed E-state index contributed by atoms with van der Waals surface area (Å²) in [6.45, 7) is 7.86. The predicted molar refractivity (Wildman–Crippen MR) is 80.1 cm³/mol. The second-order valence-corrected chi connectivity index (χ2v) is 5.73. The molecule has 1 aliphatic heterocycles. The van der Waals surface area contributed by atoms with Gasteiger partial charge in [0.1, 0.15) is 11.5 Å². The molecule has 1 N–H and O–H groups in total. The number of nitrogens with zero attached hydrogens (tertiary/aromatic N) is 3. The van der Waals surface area contributed by atoms with Gasteiger partial charge >= 0.3 is 0 Å². The minimum Gasteiger partial charge on any atom is -0.343 e. The van der Waals surface area contributed by atoms with E-state index >= 15 is 0 Å². The average Bonchev–Trinajstić information content (AvgIpc) is 2.80. The van der Waals surface area contributed by atoms with Crippen LogP contribution in [0.25, 0.3) is 11.0 Å². The van der Waals surface area contributed by atoms with E-state index in [0.29, 0.717) is 11.0 Å². The number of H-pyrrole nitrogens is 1. The fourth-order valence-electron chi connectivity index (χ4n) is 3.03. The zero-order valence-corrected chi connectivity index (χ0v) is 12.3. The molecule has 3 heterocycles. The molecule has 5 nitrogen and oxygen atoms in total. The smallest absolute Gasteiger partial charge is 0.263 e. The lowest BCUT2D eigenvalue weighted by Gasteiger charge is -2.26. The summed E-state index contributed by atoms with van der Waals surface area (Å²) in [5.41, 5.74) is 1.77. The molecule has 1 aliphatic rings. The molecule has 0 aromatic carbocycles. The number of hydrogen-bond donors (Lipinski definition) is 1. The normalized spacial score (nSPS) is 16.9. The fourth-order valence-corrected chi connectivity index (χ4v) is 3.03. The SMILES string of the molecule is Cc1cc2c(=O)n(CCN3CCCCC3)c(C)nc2[nH]1. The number of rotatable bonds is 3. The summed E-state index contributed by atoms with van der Waals surface area (Å²) in [6, 6.07) is 1.89. The van der Waals surface area contributed by atoms with Crippen molar-refractivity contribution in [3.05, 3.63) is 27.9 Å². The Morgan fingerprint density at radius 3 is 2.70 bits per heavy atom. The van der Waals surface area contributed by atoms with Crippen LogP contribution in [0.1, 0.15) is 30.8 Å². The fraction of sp³-hybridized carbons (Fsp3) is 0.600. The Bertz CT molecular complexity index is 664. The van der Waals surface area contributed by atoms with Crippen molar-refractivity contribution in [1.82, 2.24) is 19.4 Å². The highest BCUT2D eigenvalue weighted by atomic mass is 16.1. The van der Waals surface area contributed by atoms with Crippen LogP contribution in [0, 0.1) is 13.8 Å². The van der Waals surface area contributed by atoms with Crippen LogP contribution >= 0.6 is 0 Å². The second-order valence-electron chi connectivity index (χ2n) is 5.73. The molecule has 1 fully saturated rings. The summed E-state index contributed by atoms with van der Waals surface area (Å²) in [4.78, 5) is 22.6. The van der Waals surface area contributed by atoms with Crippen LogP contribution in [-0.2, 0) is 6.54 Å². The monoisotopic (exact) mass is 274 g/mol. The molecule has 0 bridgehead atoms. The molecule has 5 heteroatoms. The van der Waals surface area contributed by atoms with Crippen molar-refractivity contribution < 1.29 is 0 Å². The van der Waals surface area contributed by atoms with Crippen LogP contribution in [0.15, 0.2) is 10.9 Å². The Balaban J connectivity index is 1.85. The summed E-state index contributed by atoms with van der Waals surface area (Å²) in [5, 5.41) is 0.701. The van der Waals surface area contributed by atoms with Gasteiger partial charge in [-0.15, -0.1) is 0 Å². The maximum atomic E-state index is 12.5. The van der Waals surface area contributed by atoms with Gasteiger partial charge in [0.15, 0.2) is 0 Å². The van der Waals surface area contributed by atoms with E-state index in [1.807, 2.05) is 24.5 Å². The summed E-state index contributed by atoms with van der Waals surface area (Å²) < 4.78 is 1.81. The quantitative estimate of drug-likeness (QED) is 0.929. The van der Waals surface area contributed by atoms with Gasteiger partial charge in [0.05, 0.1) is 5.39 Å². The number of fused-ring (bicyclic) bond motifs is 1. The van der Waals surface area contributed by atoms with E-state index in [1.165, 1.54) is 19.3 Å². The molecule has 3 rings (SSSR count). The van der Waals surface area contributed by atoms with Crippen molar-refractivity contribution in [2.75, 3.05) is 19.6 Å². The van der Waals surface area contributed by atoms with E-state index in [0.717, 1.165) is 37.7 Å². The first-order chi connectivity index (χ1) is 9.65. The highest BCUT2D eigenvalue weighted by Crippen LogP contribution is 2.11. The minimum atomic E-state index is 0.0776. The Morgan fingerprint density at radius 1 is 1.20 bits per heavy atom.